The highest BCUT2D eigenvalue weighted by Crippen LogP contribution is 2.31. The maximum atomic E-state index is 13.5. The number of carbonyl (C=O) groups is 1. The van der Waals surface area contributed by atoms with Crippen LogP contribution in [-0.4, -0.2) is 38.7 Å². The van der Waals surface area contributed by atoms with Gasteiger partial charge < -0.3 is 9.32 Å². The molecular formula is C25H25ClN4O3. The van der Waals surface area contributed by atoms with E-state index in [9.17, 15) is 9.59 Å². The molecule has 4 aromatic rings. The van der Waals surface area contributed by atoms with Crippen molar-refractivity contribution in [3.8, 4) is 0 Å². The first-order valence-electron chi connectivity index (χ1n) is 11.3. The molecule has 0 atom stereocenters. The molecule has 1 saturated heterocycles. The molecule has 0 bridgehead atoms. The smallest absolute Gasteiger partial charge is 0.274 e. The minimum absolute atomic E-state index is 0.139. The van der Waals surface area contributed by atoms with Crippen LogP contribution in [0.1, 0.15) is 49.0 Å². The van der Waals surface area contributed by atoms with Crippen LogP contribution in [0.5, 0.6) is 0 Å². The molecule has 0 unspecified atom stereocenters. The normalized spacial score (nSPS) is 15.1. The monoisotopic (exact) mass is 464 g/mol. The Morgan fingerprint density at radius 2 is 1.88 bits per heavy atom. The maximum Gasteiger partial charge on any atom is 0.274 e. The fourth-order valence-corrected chi connectivity index (χ4v) is 4.60. The molecule has 1 fully saturated rings. The first-order valence-corrected chi connectivity index (χ1v) is 11.6. The summed E-state index contributed by atoms with van der Waals surface area (Å²) >= 11 is 6.06. The molecule has 1 amide bonds. The van der Waals surface area contributed by atoms with E-state index in [2.05, 4.69) is 10.1 Å². The predicted molar refractivity (Wildman–Crippen MR) is 128 cm³/mol. The second-order valence-corrected chi connectivity index (χ2v) is 9.44. The van der Waals surface area contributed by atoms with Crippen molar-refractivity contribution in [2.24, 2.45) is 5.92 Å². The van der Waals surface area contributed by atoms with E-state index in [1.54, 1.807) is 24.3 Å². The van der Waals surface area contributed by atoms with E-state index in [0.29, 0.717) is 47.0 Å². The third-order valence-electron chi connectivity index (χ3n) is 6.11. The highest BCUT2D eigenvalue weighted by atomic mass is 35.5. The van der Waals surface area contributed by atoms with E-state index < -0.39 is 0 Å². The topological polar surface area (TPSA) is 81.2 Å². The number of nitrogens with zero attached hydrogens (tertiary/aromatic N) is 4. The van der Waals surface area contributed by atoms with Gasteiger partial charge in [0.25, 0.3) is 11.5 Å². The van der Waals surface area contributed by atoms with Crippen molar-refractivity contribution in [1.82, 2.24) is 19.7 Å². The van der Waals surface area contributed by atoms with E-state index in [1.165, 1.54) is 4.68 Å². The Hall–Kier alpha value is -3.19. The number of hydrogen-bond acceptors (Lipinski definition) is 5. The maximum absolute atomic E-state index is 13.5. The molecule has 0 aliphatic carbocycles. The fraction of sp³-hybridized carbons (Fsp3) is 0.360. The van der Waals surface area contributed by atoms with Crippen LogP contribution < -0.4 is 5.56 Å². The summed E-state index contributed by atoms with van der Waals surface area (Å²) in [4.78, 5) is 32.8. The SMILES string of the molecule is CC(C)Cn1nc(C(=O)N2CCC(c3nc4cc(Cl)ccc4o3)CC2)c2ccccc2c1=O. The zero-order valence-electron chi connectivity index (χ0n) is 18.6. The molecule has 170 valence electrons. The average Bonchev–Trinajstić information content (AvgIpc) is 3.23. The van der Waals surface area contributed by atoms with Crippen molar-refractivity contribution < 1.29 is 9.21 Å². The van der Waals surface area contributed by atoms with Gasteiger partial charge in [-0.2, -0.15) is 5.10 Å². The molecule has 2 aromatic heterocycles. The number of piperidine rings is 1. The van der Waals surface area contributed by atoms with Crippen molar-refractivity contribution >= 4 is 39.4 Å². The highest BCUT2D eigenvalue weighted by Gasteiger charge is 2.29. The van der Waals surface area contributed by atoms with Gasteiger partial charge in [-0.25, -0.2) is 9.67 Å². The van der Waals surface area contributed by atoms with Crippen molar-refractivity contribution in [3.05, 3.63) is 69.4 Å². The Bertz CT molecular complexity index is 1400. The van der Waals surface area contributed by atoms with Crippen molar-refractivity contribution in [3.63, 3.8) is 0 Å². The summed E-state index contributed by atoms with van der Waals surface area (Å²) in [7, 11) is 0. The summed E-state index contributed by atoms with van der Waals surface area (Å²) in [6.45, 7) is 5.66. The van der Waals surface area contributed by atoms with E-state index in [4.69, 9.17) is 16.0 Å². The lowest BCUT2D eigenvalue weighted by Crippen LogP contribution is -2.39. The third-order valence-corrected chi connectivity index (χ3v) is 6.34. The van der Waals surface area contributed by atoms with Gasteiger partial charge in [0.05, 0.1) is 5.39 Å². The molecule has 0 spiro atoms. The van der Waals surface area contributed by atoms with Crippen LogP contribution in [0, 0.1) is 5.92 Å². The van der Waals surface area contributed by atoms with Crippen LogP contribution in [0.2, 0.25) is 5.02 Å². The van der Waals surface area contributed by atoms with Gasteiger partial charge in [-0.3, -0.25) is 9.59 Å². The molecule has 1 aliphatic rings. The van der Waals surface area contributed by atoms with Gasteiger partial charge in [0.1, 0.15) is 5.52 Å². The largest absolute Gasteiger partial charge is 0.440 e. The summed E-state index contributed by atoms with van der Waals surface area (Å²) in [6.07, 6.45) is 1.49. The summed E-state index contributed by atoms with van der Waals surface area (Å²) in [5.41, 5.74) is 1.64. The van der Waals surface area contributed by atoms with Crippen molar-refractivity contribution in [2.75, 3.05) is 13.1 Å². The number of carbonyl (C=O) groups excluding carboxylic acids is 1. The van der Waals surface area contributed by atoms with Crippen LogP contribution in [-0.2, 0) is 6.54 Å². The molecule has 0 N–H and O–H groups in total. The zero-order chi connectivity index (χ0) is 23.1. The number of likely N-dealkylation sites (tertiary alicyclic amines) is 1. The van der Waals surface area contributed by atoms with Crippen molar-refractivity contribution in [2.45, 2.75) is 39.2 Å². The molecule has 7 nitrogen and oxygen atoms in total. The highest BCUT2D eigenvalue weighted by molar-refractivity contribution is 6.31. The quantitative estimate of drug-likeness (QED) is 0.430. The van der Waals surface area contributed by atoms with Crippen molar-refractivity contribution in [1.29, 1.82) is 0 Å². The summed E-state index contributed by atoms with van der Waals surface area (Å²) in [5.74, 6) is 0.918. The van der Waals surface area contributed by atoms with Gasteiger partial charge in [-0.15, -0.1) is 0 Å². The van der Waals surface area contributed by atoms with Crippen LogP contribution in [0.4, 0.5) is 0 Å². The van der Waals surface area contributed by atoms with Crippen LogP contribution in [0.15, 0.2) is 51.7 Å². The lowest BCUT2D eigenvalue weighted by molar-refractivity contribution is 0.0700. The first kappa shape index (κ1) is 21.6. The Morgan fingerprint density at radius 3 is 2.61 bits per heavy atom. The van der Waals surface area contributed by atoms with Crippen LogP contribution >= 0.6 is 11.6 Å². The lowest BCUT2D eigenvalue weighted by atomic mass is 9.96. The Morgan fingerprint density at radius 1 is 1.15 bits per heavy atom. The summed E-state index contributed by atoms with van der Waals surface area (Å²) in [5, 5.41) is 6.25. The first-order chi connectivity index (χ1) is 15.9. The van der Waals surface area contributed by atoms with Gasteiger partial charge in [-0.05, 0) is 43.0 Å². The molecule has 8 heteroatoms. The number of halogens is 1. The summed E-state index contributed by atoms with van der Waals surface area (Å²) in [6, 6.07) is 12.6. The number of aromatic nitrogens is 3. The second-order valence-electron chi connectivity index (χ2n) is 9.01. The molecule has 2 aromatic carbocycles. The Kier molecular flexibility index (Phi) is 5.66. The van der Waals surface area contributed by atoms with Gasteiger partial charge in [0.15, 0.2) is 17.2 Å². The Balaban J connectivity index is 1.39. The van der Waals surface area contributed by atoms with Crippen LogP contribution in [0.3, 0.4) is 0 Å². The molecule has 1 aliphatic heterocycles. The molecule has 0 saturated carbocycles. The minimum Gasteiger partial charge on any atom is -0.440 e. The molecule has 33 heavy (non-hydrogen) atoms. The fourth-order valence-electron chi connectivity index (χ4n) is 4.44. The van der Waals surface area contributed by atoms with E-state index in [1.807, 2.05) is 36.9 Å². The third kappa shape index (κ3) is 4.13. The number of benzene rings is 2. The molecule has 3 heterocycles. The van der Waals surface area contributed by atoms with E-state index in [0.717, 1.165) is 23.9 Å². The second kappa shape index (κ2) is 8.63. The van der Waals surface area contributed by atoms with Gasteiger partial charge in [0.2, 0.25) is 0 Å². The lowest BCUT2D eigenvalue weighted by Gasteiger charge is -2.30. The zero-order valence-corrected chi connectivity index (χ0v) is 19.4. The number of rotatable bonds is 4. The Labute approximate surface area is 196 Å². The van der Waals surface area contributed by atoms with Gasteiger partial charge in [-0.1, -0.05) is 43.6 Å². The summed E-state index contributed by atoms with van der Waals surface area (Å²) < 4.78 is 7.37. The van der Waals surface area contributed by atoms with Gasteiger partial charge in [0, 0.05) is 36.0 Å². The molecule has 0 radical (unpaired) electrons. The van der Waals surface area contributed by atoms with Crippen LogP contribution in [0.25, 0.3) is 21.9 Å². The standard InChI is InChI=1S/C25H25ClN4O3/c1-15(2)14-30-24(31)19-6-4-3-5-18(19)22(28-30)25(32)29-11-9-16(10-12-29)23-27-20-13-17(26)7-8-21(20)33-23/h3-8,13,15-16H,9-12,14H2,1-2H3. The van der Waals surface area contributed by atoms with E-state index in [-0.39, 0.29) is 23.3 Å². The number of hydrogen-bond donors (Lipinski definition) is 0. The number of fused-ring (bicyclic) bond motifs is 2. The average molecular weight is 465 g/mol. The van der Waals surface area contributed by atoms with E-state index >= 15 is 0 Å². The molecule has 5 rings (SSSR count). The number of amides is 1. The van der Waals surface area contributed by atoms with Gasteiger partial charge >= 0.3 is 0 Å². The minimum atomic E-state index is -0.161. The predicted octanol–water partition coefficient (Wildman–Crippen LogP) is 4.87. The molecular weight excluding hydrogens is 440 g/mol. The number of oxazole rings is 1.